The summed E-state index contributed by atoms with van der Waals surface area (Å²) in [6.07, 6.45) is 0.828. The number of nitrogen functional groups attached to an aromatic ring is 1. The van der Waals surface area contributed by atoms with Gasteiger partial charge in [-0.3, -0.25) is 0 Å². The van der Waals surface area contributed by atoms with E-state index < -0.39 is 0 Å². The number of anilines is 1. The van der Waals surface area contributed by atoms with Crippen LogP contribution in [0, 0.1) is 0 Å². The second kappa shape index (κ2) is 4.96. The molecule has 0 aliphatic rings. The highest BCUT2D eigenvalue weighted by Gasteiger charge is 2.20. The summed E-state index contributed by atoms with van der Waals surface area (Å²) in [7, 11) is 0. The van der Waals surface area contributed by atoms with Gasteiger partial charge in [0.2, 0.25) is 0 Å². The Hall–Kier alpha value is -1.96. The van der Waals surface area contributed by atoms with Crippen LogP contribution in [0.15, 0.2) is 42.5 Å². The van der Waals surface area contributed by atoms with Crippen molar-refractivity contribution in [2.75, 3.05) is 5.73 Å². The fraction of sp³-hybridized carbons (Fsp3) is 0.294. The summed E-state index contributed by atoms with van der Waals surface area (Å²) < 4.78 is 0. The summed E-state index contributed by atoms with van der Waals surface area (Å²) in [6.45, 7) is 6.23. The molecule has 0 saturated carbocycles. The third-order valence-electron chi connectivity index (χ3n) is 3.26. The Labute approximate surface area is 114 Å². The van der Waals surface area contributed by atoms with Crippen LogP contribution in [0.5, 0.6) is 5.75 Å². The van der Waals surface area contributed by atoms with Gasteiger partial charge in [0.05, 0.1) is 5.69 Å². The number of benzene rings is 2. The molecule has 0 aromatic heterocycles. The molecule has 0 bridgehead atoms. The van der Waals surface area contributed by atoms with Crippen molar-refractivity contribution in [3.05, 3.63) is 59.2 Å². The first-order chi connectivity index (χ1) is 8.88. The smallest absolute Gasteiger partial charge is 0.142 e. The molecule has 0 heterocycles. The Bertz CT molecular complexity index is 568. The summed E-state index contributed by atoms with van der Waals surface area (Å²) in [4.78, 5) is 0. The summed E-state index contributed by atoms with van der Waals surface area (Å²) in [5.41, 5.74) is 9.53. The van der Waals surface area contributed by atoms with Crippen LogP contribution in [-0.4, -0.2) is 5.11 Å². The quantitative estimate of drug-likeness (QED) is 0.632. The molecule has 0 saturated heterocycles. The minimum Gasteiger partial charge on any atom is -0.505 e. The fourth-order valence-corrected chi connectivity index (χ4v) is 2.22. The molecule has 3 N–H and O–H groups in total. The zero-order chi connectivity index (χ0) is 14.0. The van der Waals surface area contributed by atoms with Crippen LogP contribution in [-0.2, 0) is 11.8 Å². The van der Waals surface area contributed by atoms with Crippen molar-refractivity contribution in [3.8, 4) is 5.75 Å². The summed E-state index contributed by atoms with van der Waals surface area (Å²) >= 11 is 0. The molecule has 19 heavy (non-hydrogen) atoms. The van der Waals surface area contributed by atoms with E-state index in [0.717, 1.165) is 17.5 Å². The molecular weight excluding hydrogens is 234 g/mol. The maximum Gasteiger partial charge on any atom is 0.142 e. The zero-order valence-electron chi connectivity index (χ0n) is 11.8. The Balaban J connectivity index is 2.40. The monoisotopic (exact) mass is 255 g/mol. The number of nitrogens with two attached hydrogens (primary N) is 1. The molecule has 2 aromatic carbocycles. The van der Waals surface area contributed by atoms with Gasteiger partial charge in [0.1, 0.15) is 5.75 Å². The van der Waals surface area contributed by atoms with E-state index in [1.54, 1.807) is 0 Å². The number of phenolic OH excluding ortho intramolecular Hbond substituents is 1. The molecule has 100 valence electrons. The minimum atomic E-state index is -0.120. The van der Waals surface area contributed by atoms with E-state index in [1.807, 2.05) is 24.3 Å². The van der Waals surface area contributed by atoms with E-state index >= 15 is 0 Å². The van der Waals surface area contributed by atoms with Crippen LogP contribution in [0.3, 0.4) is 0 Å². The molecule has 2 heteroatoms. The van der Waals surface area contributed by atoms with Crippen molar-refractivity contribution in [3.63, 3.8) is 0 Å². The fourth-order valence-electron chi connectivity index (χ4n) is 2.22. The molecule has 0 unspecified atom stereocenters. The van der Waals surface area contributed by atoms with Crippen LogP contribution < -0.4 is 5.73 Å². The second-order valence-corrected chi connectivity index (χ2v) is 5.99. The van der Waals surface area contributed by atoms with Crippen LogP contribution >= 0.6 is 0 Å². The van der Waals surface area contributed by atoms with Gasteiger partial charge >= 0.3 is 0 Å². The van der Waals surface area contributed by atoms with E-state index in [2.05, 4.69) is 39.0 Å². The third-order valence-corrected chi connectivity index (χ3v) is 3.26. The van der Waals surface area contributed by atoms with Crippen molar-refractivity contribution >= 4 is 5.69 Å². The van der Waals surface area contributed by atoms with Crippen LogP contribution in [0.4, 0.5) is 5.69 Å². The number of phenols is 1. The molecule has 0 spiro atoms. The van der Waals surface area contributed by atoms with Crippen LogP contribution in [0.1, 0.15) is 37.5 Å². The van der Waals surface area contributed by atoms with Gasteiger partial charge in [-0.1, -0.05) is 57.2 Å². The van der Waals surface area contributed by atoms with Gasteiger partial charge in [-0.05, 0) is 29.0 Å². The molecule has 0 atom stereocenters. The first-order valence-electron chi connectivity index (χ1n) is 6.53. The van der Waals surface area contributed by atoms with Crippen LogP contribution in [0.2, 0.25) is 0 Å². The van der Waals surface area contributed by atoms with E-state index in [-0.39, 0.29) is 11.2 Å². The summed E-state index contributed by atoms with van der Waals surface area (Å²) in [6, 6.07) is 14.2. The molecule has 0 fully saturated rings. The summed E-state index contributed by atoms with van der Waals surface area (Å²) in [5, 5.41) is 10.1. The SMILES string of the molecule is CC(C)(C)c1cc(Cc2ccccc2)cc(N)c1O. The highest BCUT2D eigenvalue weighted by atomic mass is 16.3. The number of aromatic hydroxyl groups is 1. The lowest BCUT2D eigenvalue weighted by Crippen LogP contribution is -2.13. The lowest BCUT2D eigenvalue weighted by molar-refractivity contribution is 0.449. The van der Waals surface area contributed by atoms with Crippen molar-refractivity contribution in [2.45, 2.75) is 32.6 Å². The Morgan fingerprint density at radius 1 is 1.00 bits per heavy atom. The van der Waals surface area contributed by atoms with Gasteiger partial charge in [-0.25, -0.2) is 0 Å². The molecule has 0 aliphatic carbocycles. The van der Waals surface area contributed by atoms with E-state index in [9.17, 15) is 5.11 Å². The first-order valence-corrected chi connectivity index (χ1v) is 6.53. The maximum absolute atomic E-state index is 10.1. The summed E-state index contributed by atoms with van der Waals surface area (Å²) in [5.74, 6) is 0.212. The van der Waals surface area contributed by atoms with E-state index in [4.69, 9.17) is 5.73 Å². The van der Waals surface area contributed by atoms with E-state index in [1.165, 1.54) is 5.56 Å². The number of rotatable bonds is 2. The molecule has 2 rings (SSSR count). The molecule has 2 aromatic rings. The molecular formula is C17H21NO. The van der Waals surface area contributed by atoms with Crippen molar-refractivity contribution in [2.24, 2.45) is 0 Å². The van der Waals surface area contributed by atoms with Gasteiger partial charge < -0.3 is 10.8 Å². The lowest BCUT2D eigenvalue weighted by Gasteiger charge is -2.22. The molecule has 0 amide bonds. The molecule has 0 radical (unpaired) electrons. The van der Waals surface area contributed by atoms with Crippen LogP contribution in [0.25, 0.3) is 0 Å². The second-order valence-electron chi connectivity index (χ2n) is 5.99. The van der Waals surface area contributed by atoms with Crippen molar-refractivity contribution in [1.82, 2.24) is 0 Å². The Morgan fingerprint density at radius 3 is 2.21 bits per heavy atom. The highest BCUT2D eigenvalue weighted by Crippen LogP contribution is 2.36. The lowest BCUT2D eigenvalue weighted by atomic mass is 9.84. The average Bonchev–Trinajstić information content (AvgIpc) is 2.33. The average molecular weight is 255 g/mol. The van der Waals surface area contributed by atoms with Crippen molar-refractivity contribution in [1.29, 1.82) is 0 Å². The molecule has 0 aliphatic heterocycles. The highest BCUT2D eigenvalue weighted by molar-refractivity contribution is 5.60. The van der Waals surface area contributed by atoms with Gasteiger partial charge in [0.25, 0.3) is 0 Å². The van der Waals surface area contributed by atoms with E-state index in [0.29, 0.717) is 5.69 Å². The first kappa shape index (κ1) is 13.5. The number of hydrogen-bond donors (Lipinski definition) is 2. The predicted octanol–water partition coefficient (Wildman–Crippen LogP) is 3.86. The Kier molecular flexibility index (Phi) is 3.52. The molecule has 2 nitrogen and oxygen atoms in total. The topological polar surface area (TPSA) is 46.2 Å². The minimum absolute atomic E-state index is 0.120. The maximum atomic E-state index is 10.1. The van der Waals surface area contributed by atoms with Crippen molar-refractivity contribution < 1.29 is 5.11 Å². The van der Waals surface area contributed by atoms with Gasteiger partial charge in [-0.2, -0.15) is 0 Å². The zero-order valence-corrected chi connectivity index (χ0v) is 11.8. The Morgan fingerprint density at radius 2 is 1.63 bits per heavy atom. The third kappa shape index (κ3) is 3.08. The normalized spacial score (nSPS) is 11.5. The number of hydrogen-bond acceptors (Lipinski definition) is 2. The van der Waals surface area contributed by atoms with Gasteiger partial charge in [0, 0.05) is 5.56 Å². The largest absolute Gasteiger partial charge is 0.505 e. The van der Waals surface area contributed by atoms with Gasteiger partial charge in [-0.15, -0.1) is 0 Å². The van der Waals surface area contributed by atoms with Gasteiger partial charge in [0.15, 0.2) is 0 Å². The predicted molar refractivity (Wildman–Crippen MR) is 80.5 cm³/mol. The standard InChI is InChI=1S/C17H21NO/c1-17(2,3)14-10-13(11-15(18)16(14)19)9-12-7-5-4-6-8-12/h4-8,10-11,19H,9,18H2,1-3H3.